The van der Waals surface area contributed by atoms with Gasteiger partial charge < -0.3 is 9.30 Å². The van der Waals surface area contributed by atoms with Crippen LogP contribution in [0.25, 0.3) is 5.69 Å². The molecule has 4 rings (SSSR count). The number of aromatic nitrogens is 4. The zero-order valence-electron chi connectivity index (χ0n) is 18.1. The molecule has 0 saturated heterocycles. The number of hydrogen-bond acceptors (Lipinski definition) is 5. The number of aromatic amines is 1. The minimum absolute atomic E-state index is 0.0500. The Morgan fingerprint density at radius 3 is 2.62 bits per heavy atom. The van der Waals surface area contributed by atoms with Gasteiger partial charge in [-0.1, -0.05) is 45.9 Å². The summed E-state index contributed by atoms with van der Waals surface area (Å²) in [5.74, 6) is 1.75. The lowest BCUT2D eigenvalue weighted by Gasteiger charge is -2.10. The maximum Gasteiger partial charge on any atom is 0.208 e. The van der Waals surface area contributed by atoms with E-state index in [4.69, 9.17) is 4.74 Å². The van der Waals surface area contributed by atoms with Crippen molar-refractivity contribution >= 4 is 33.5 Å². The fourth-order valence-electron chi connectivity index (χ4n) is 3.51. The standard InChI is InChI=1S/C24H23BrN4O2S/c1-15-6-4-5-7-22(15)31-13-23-26-24(28-27-23)32-14-21(30)20-12-16(2)29(17(20)3)19-10-8-18(25)9-11-19/h4-12H,13-14H2,1-3H3,(H,26,27,28). The third-order valence-corrected chi connectivity index (χ3v) is 6.49. The van der Waals surface area contributed by atoms with E-state index < -0.39 is 0 Å². The molecule has 4 aromatic rings. The average Bonchev–Trinajstić information content (AvgIpc) is 3.36. The maximum atomic E-state index is 12.9. The van der Waals surface area contributed by atoms with E-state index in [9.17, 15) is 4.79 Å². The van der Waals surface area contributed by atoms with E-state index in [-0.39, 0.29) is 11.5 Å². The van der Waals surface area contributed by atoms with Gasteiger partial charge in [-0.2, -0.15) is 0 Å². The number of halogens is 1. The summed E-state index contributed by atoms with van der Waals surface area (Å²) in [6.45, 7) is 6.27. The van der Waals surface area contributed by atoms with E-state index in [1.54, 1.807) is 0 Å². The molecule has 0 unspecified atom stereocenters. The zero-order valence-corrected chi connectivity index (χ0v) is 20.5. The predicted molar refractivity (Wildman–Crippen MR) is 130 cm³/mol. The van der Waals surface area contributed by atoms with E-state index in [2.05, 4.69) is 35.7 Å². The van der Waals surface area contributed by atoms with Crippen LogP contribution in [0.2, 0.25) is 0 Å². The van der Waals surface area contributed by atoms with Gasteiger partial charge in [0.25, 0.3) is 0 Å². The number of para-hydroxylation sites is 1. The summed E-state index contributed by atoms with van der Waals surface area (Å²) in [5.41, 5.74) is 4.76. The molecule has 1 N–H and O–H groups in total. The lowest BCUT2D eigenvalue weighted by molar-refractivity contribution is 0.102. The summed E-state index contributed by atoms with van der Waals surface area (Å²) in [7, 11) is 0. The molecule has 0 aliphatic carbocycles. The summed E-state index contributed by atoms with van der Waals surface area (Å²) in [6.07, 6.45) is 0. The number of carbonyl (C=O) groups excluding carboxylic acids is 1. The topological polar surface area (TPSA) is 72.8 Å². The molecule has 0 fully saturated rings. The number of nitrogens with zero attached hydrogens (tertiary/aromatic N) is 3. The Morgan fingerprint density at radius 1 is 1.12 bits per heavy atom. The molecule has 2 aromatic heterocycles. The first-order valence-electron chi connectivity index (χ1n) is 10.1. The Kier molecular flexibility index (Phi) is 6.81. The van der Waals surface area contributed by atoms with E-state index in [1.807, 2.05) is 75.4 Å². The van der Waals surface area contributed by atoms with Gasteiger partial charge in [0.2, 0.25) is 5.16 Å². The Morgan fingerprint density at radius 2 is 1.88 bits per heavy atom. The molecule has 32 heavy (non-hydrogen) atoms. The SMILES string of the molecule is Cc1ccccc1OCc1nc(SCC(=O)c2cc(C)n(-c3ccc(Br)cc3)c2C)n[nH]1. The van der Waals surface area contributed by atoms with E-state index in [0.717, 1.165) is 38.4 Å². The Bertz CT molecular complexity index is 1250. The predicted octanol–water partition coefficient (Wildman–Crippen LogP) is 5.84. The van der Waals surface area contributed by atoms with Crippen LogP contribution in [0.5, 0.6) is 5.75 Å². The Hall–Kier alpha value is -2.84. The Balaban J connectivity index is 1.39. The molecule has 0 aliphatic heterocycles. The van der Waals surface area contributed by atoms with Crippen molar-refractivity contribution in [2.75, 3.05) is 5.75 Å². The fourth-order valence-corrected chi connectivity index (χ4v) is 4.48. The zero-order chi connectivity index (χ0) is 22.7. The Labute approximate surface area is 199 Å². The van der Waals surface area contributed by atoms with Gasteiger partial charge >= 0.3 is 0 Å². The molecule has 0 bridgehead atoms. The number of thioether (sulfide) groups is 1. The number of aryl methyl sites for hydroxylation is 2. The van der Waals surface area contributed by atoms with E-state index in [1.165, 1.54) is 11.8 Å². The third-order valence-electron chi connectivity index (χ3n) is 5.12. The van der Waals surface area contributed by atoms with Crippen molar-refractivity contribution in [1.82, 2.24) is 19.7 Å². The van der Waals surface area contributed by atoms with Crippen molar-refractivity contribution < 1.29 is 9.53 Å². The normalized spacial score (nSPS) is 11.0. The van der Waals surface area contributed by atoms with Crippen molar-refractivity contribution in [1.29, 1.82) is 0 Å². The van der Waals surface area contributed by atoms with Crippen molar-refractivity contribution in [2.45, 2.75) is 32.5 Å². The molecule has 0 radical (unpaired) electrons. The quantitative estimate of drug-likeness (QED) is 0.238. The second kappa shape index (κ2) is 9.75. The van der Waals surface area contributed by atoms with Crippen LogP contribution in [-0.4, -0.2) is 31.3 Å². The number of carbonyl (C=O) groups is 1. The summed E-state index contributed by atoms with van der Waals surface area (Å²) in [5, 5.41) is 7.62. The molecule has 8 heteroatoms. The van der Waals surface area contributed by atoms with Gasteiger partial charge in [-0.15, -0.1) is 5.10 Å². The maximum absolute atomic E-state index is 12.9. The van der Waals surface area contributed by atoms with Crippen LogP contribution < -0.4 is 4.74 Å². The van der Waals surface area contributed by atoms with Crippen LogP contribution in [0.3, 0.4) is 0 Å². The summed E-state index contributed by atoms with van der Waals surface area (Å²) in [6, 6.07) is 17.8. The first kappa shape index (κ1) is 22.4. The van der Waals surface area contributed by atoms with Gasteiger partial charge in [0.15, 0.2) is 11.6 Å². The van der Waals surface area contributed by atoms with Gasteiger partial charge in [-0.3, -0.25) is 9.89 Å². The number of ether oxygens (including phenoxy) is 1. The van der Waals surface area contributed by atoms with Gasteiger partial charge in [0.05, 0.1) is 5.75 Å². The van der Waals surface area contributed by atoms with Gasteiger partial charge in [-0.05, 0) is 62.7 Å². The van der Waals surface area contributed by atoms with Gasteiger partial charge in [0, 0.05) is 27.1 Å². The molecular formula is C24H23BrN4O2S. The molecule has 2 heterocycles. The van der Waals surface area contributed by atoms with Crippen LogP contribution in [0.15, 0.2) is 64.2 Å². The highest BCUT2D eigenvalue weighted by Crippen LogP contribution is 2.24. The number of ketones is 1. The first-order valence-corrected chi connectivity index (χ1v) is 11.9. The van der Waals surface area contributed by atoms with Crippen molar-refractivity contribution in [3.63, 3.8) is 0 Å². The molecule has 2 aromatic carbocycles. The second-order valence-corrected chi connectivity index (χ2v) is 9.29. The molecule has 0 saturated carbocycles. The first-order chi connectivity index (χ1) is 15.4. The molecule has 0 atom stereocenters. The number of nitrogens with one attached hydrogen (secondary N) is 1. The van der Waals surface area contributed by atoms with Crippen molar-refractivity contribution in [2.24, 2.45) is 0 Å². The van der Waals surface area contributed by atoms with Gasteiger partial charge in [-0.25, -0.2) is 4.98 Å². The van der Waals surface area contributed by atoms with Crippen molar-refractivity contribution in [3.05, 3.63) is 87.4 Å². The molecule has 0 spiro atoms. The summed E-state index contributed by atoms with van der Waals surface area (Å²) < 4.78 is 8.91. The number of H-pyrrole nitrogens is 1. The highest BCUT2D eigenvalue weighted by atomic mass is 79.9. The fraction of sp³-hybridized carbons (Fsp3) is 0.208. The number of rotatable bonds is 8. The van der Waals surface area contributed by atoms with Gasteiger partial charge in [0.1, 0.15) is 12.4 Å². The summed E-state index contributed by atoms with van der Waals surface area (Å²) >= 11 is 4.78. The lowest BCUT2D eigenvalue weighted by Crippen LogP contribution is -2.05. The molecule has 164 valence electrons. The summed E-state index contributed by atoms with van der Waals surface area (Å²) in [4.78, 5) is 17.3. The highest BCUT2D eigenvalue weighted by molar-refractivity contribution is 9.10. The number of hydrogen-bond donors (Lipinski definition) is 1. The third kappa shape index (κ3) is 4.97. The smallest absolute Gasteiger partial charge is 0.208 e. The molecule has 0 aliphatic rings. The van der Waals surface area contributed by atoms with E-state index >= 15 is 0 Å². The van der Waals surface area contributed by atoms with Crippen LogP contribution >= 0.6 is 27.7 Å². The molecule has 6 nitrogen and oxygen atoms in total. The number of Topliss-reactive ketones (excluding diaryl/α,β-unsaturated/α-hetero) is 1. The minimum Gasteiger partial charge on any atom is -0.485 e. The second-order valence-electron chi connectivity index (χ2n) is 7.43. The number of benzene rings is 2. The van der Waals surface area contributed by atoms with Crippen LogP contribution in [0.4, 0.5) is 0 Å². The minimum atomic E-state index is 0.0500. The van der Waals surface area contributed by atoms with E-state index in [0.29, 0.717) is 17.6 Å². The van der Waals surface area contributed by atoms with Crippen LogP contribution in [-0.2, 0) is 6.61 Å². The highest BCUT2D eigenvalue weighted by Gasteiger charge is 2.18. The average molecular weight is 511 g/mol. The molecule has 0 amide bonds. The van der Waals surface area contributed by atoms with Crippen molar-refractivity contribution in [3.8, 4) is 11.4 Å². The van der Waals surface area contributed by atoms with Crippen LogP contribution in [0.1, 0.15) is 33.1 Å². The largest absolute Gasteiger partial charge is 0.485 e. The lowest BCUT2D eigenvalue weighted by atomic mass is 10.2. The molecular weight excluding hydrogens is 488 g/mol. The van der Waals surface area contributed by atoms with Crippen LogP contribution in [0, 0.1) is 20.8 Å². The monoisotopic (exact) mass is 510 g/mol.